The van der Waals surface area contributed by atoms with E-state index in [4.69, 9.17) is 0 Å². The zero-order chi connectivity index (χ0) is 22.8. The molecular weight excluding hydrogens is 503 g/mol. The Bertz CT molecular complexity index is 318. The van der Waals surface area contributed by atoms with E-state index in [1.165, 1.54) is 0 Å². The first-order valence-corrected chi connectivity index (χ1v) is 8.43. The zero-order valence-corrected chi connectivity index (χ0v) is 19.9. The predicted octanol–water partition coefficient (Wildman–Crippen LogP) is -1.36. The molecule has 13 heteroatoms. The third kappa shape index (κ3) is 76.6. The average molecular weight is 531 g/mol. The molecule has 0 spiro atoms. The third-order valence-electron chi connectivity index (χ3n) is 1.70. The van der Waals surface area contributed by atoms with Crippen molar-refractivity contribution in [2.45, 2.75) is 53.4 Å². The number of carboxylic acid groups (broad SMARTS) is 4. The Balaban J connectivity index is -0.0000000873. The first-order chi connectivity index (χ1) is 13.1. The summed E-state index contributed by atoms with van der Waals surface area (Å²) >= 11 is 0. The molecule has 12 nitrogen and oxygen atoms in total. The van der Waals surface area contributed by atoms with Gasteiger partial charge in [0.15, 0.2) is 0 Å². The van der Waals surface area contributed by atoms with Gasteiger partial charge in [-0.25, -0.2) is 0 Å². The van der Waals surface area contributed by atoms with Crippen molar-refractivity contribution >= 4 is 48.5 Å². The summed E-state index contributed by atoms with van der Waals surface area (Å²) in [5, 5.41) is 37.7. The third-order valence-corrected chi connectivity index (χ3v) is 1.70. The van der Waals surface area contributed by atoms with Crippen LogP contribution in [0.4, 0.5) is 19.2 Å². The average Bonchev–Trinajstić information content (AvgIpc) is 2.62. The van der Waals surface area contributed by atoms with E-state index >= 15 is 0 Å². The van der Waals surface area contributed by atoms with Crippen molar-refractivity contribution in [1.82, 2.24) is 0 Å². The van der Waals surface area contributed by atoms with Crippen LogP contribution in [0.3, 0.4) is 0 Å². The van der Waals surface area contributed by atoms with Crippen molar-refractivity contribution in [3.05, 3.63) is 0 Å². The van der Waals surface area contributed by atoms with E-state index < -0.39 is 24.6 Å². The van der Waals surface area contributed by atoms with Crippen LogP contribution in [0, 0.1) is 0 Å². The Morgan fingerprint density at radius 1 is 0.483 bits per heavy atom. The Hall–Kier alpha value is -2.12. The first kappa shape index (κ1) is 37.6. The van der Waals surface area contributed by atoms with Crippen LogP contribution >= 0.6 is 0 Å². The second-order valence-corrected chi connectivity index (χ2v) is 4.39. The molecule has 0 aromatic rings. The van der Waals surface area contributed by atoms with Crippen LogP contribution in [0.1, 0.15) is 53.4 Å². The van der Waals surface area contributed by atoms with Gasteiger partial charge in [0.25, 0.3) is 24.6 Å². The topological polar surface area (TPSA) is 197 Å². The van der Waals surface area contributed by atoms with Crippen molar-refractivity contribution in [1.29, 1.82) is 0 Å². The molecule has 0 N–H and O–H groups in total. The Morgan fingerprint density at radius 2 is 0.621 bits per heavy atom. The second-order valence-electron chi connectivity index (χ2n) is 4.39. The maximum absolute atomic E-state index is 9.42. The molecule has 0 atom stereocenters. The predicted molar refractivity (Wildman–Crippen MR) is 92.3 cm³/mol. The summed E-state index contributed by atoms with van der Waals surface area (Å²) in [6.07, 6.45) is -2.96. The Morgan fingerprint density at radius 3 is 0.655 bits per heavy atom. The minimum Gasteiger partial charge on any atom is -0.550 e. The van der Waals surface area contributed by atoms with Gasteiger partial charge in [-0.2, -0.15) is 0 Å². The van der Waals surface area contributed by atoms with Crippen molar-refractivity contribution in [3.8, 4) is 0 Å². The van der Waals surface area contributed by atoms with E-state index in [9.17, 15) is 39.6 Å². The SMILES string of the molecule is CCCOC(=O)[O-].CCCOC(=O)[O-].CCCOC(=O)[O-].CCCOC(=O)[O-].[Sn+4]. The number of hydrogen-bond donors (Lipinski definition) is 0. The van der Waals surface area contributed by atoms with E-state index in [1.54, 1.807) is 0 Å². The molecule has 0 saturated heterocycles. The molecule has 0 aliphatic rings. The second kappa shape index (κ2) is 33.5. The molecule has 0 aromatic carbocycles. The van der Waals surface area contributed by atoms with E-state index in [0.717, 1.165) is 0 Å². The summed E-state index contributed by atoms with van der Waals surface area (Å²) in [5.41, 5.74) is 0. The van der Waals surface area contributed by atoms with Gasteiger partial charge in [0.05, 0.1) is 0 Å². The molecule has 0 heterocycles. The largest absolute Gasteiger partial charge is 4.00 e. The molecular formula is C16H28O12Sn. The number of carbonyl (C=O) groups is 4. The molecule has 0 radical (unpaired) electrons. The monoisotopic (exact) mass is 532 g/mol. The van der Waals surface area contributed by atoms with E-state index in [-0.39, 0.29) is 50.3 Å². The van der Waals surface area contributed by atoms with Crippen LogP contribution in [0.2, 0.25) is 0 Å². The molecule has 0 aromatic heterocycles. The molecule has 0 rings (SSSR count). The van der Waals surface area contributed by atoms with Gasteiger partial charge < -0.3 is 58.6 Å². The smallest absolute Gasteiger partial charge is 0.550 e. The maximum Gasteiger partial charge on any atom is 4.00 e. The van der Waals surface area contributed by atoms with Gasteiger partial charge in [-0.05, 0) is 25.7 Å². The van der Waals surface area contributed by atoms with Gasteiger partial charge in [0, 0.05) is 26.4 Å². The Labute approximate surface area is 187 Å². The summed E-state index contributed by atoms with van der Waals surface area (Å²) in [4.78, 5) is 37.7. The van der Waals surface area contributed by atoms with Gasteiger partial charge in [-0.15, -0.1) is 0 Å². The van der Waals surface area contributed by atoms with Crippen LogP contribution in [-0.4, -0.2) is 75.0 Å². The van der Waals surface area contributed by atoms with Crippen molar-refractivity contribution in [2.75, 3.05) is 26.4 Å². The molecule has 0 aliphatic carbocycles. The molecule has 0 aliphatic heterocycles. The zero-order valence-electron chi connectivity index (χ0n) is 17.1. The molecule has 168 valence electrons. The Kier molecular flexibility index (Phi) is 43.4. The van der Waals surface area contributed by atoms with Crippen LogP contribution in [0.15, 0.2) is 0 Å². The van der Waals surface area contributed by atoms with Gasteiger partial charge >= 0.3 is 23.9 Å². The fourth-order valence-corrected chi connectivity index (χ4v) is 0.742. The number of carbonyl (C=O) groups excluding carboxylic acids is 4. The normalized spacial score (nSPS) is 7.86. The van der Waals surface area contributed by atoms with E-state index in [0.29, 0.717) is 25.7 Å². The minimum absolute atomic E-state index is 0. The van der Waals surface area contributed by atoms with Gasteiger partial charge in [-0.1, -0.05) is 27.7 Å². The van der Waals surface area contributed by atoms with Crippen molar-refractivity contribution in [3.63, 3.8) is 0 Å². The maximum atomic E-state index is 9.42. The molecule has 0 fully saturated rings. The molecule has 29 heavy (non-hydrogen) atoms. The van der Waals surface area contributed by atoms with Gasteiger partial charge in [-0.3, -0.25) is 0 Å². The summed E-state index contributed by atoms with van der Waals surface area (Å²) in [5.74, 6) is 0. The van der Waals surface area contributed by atoms with Crippen LogP contribution in [-0.2, 0) is 18.9 Å². The summed E-state index contributed by atoms with van der Waals surface area (Å²) in [7, 11) is 0. The van der Waals surface area contributed by atoms with Gasteiger partial charge in [0.1, 0.15) is 0 Å². The van der Waals surface area contributed by atoms with Crippen LogP contribution in [0.5, 0.6) is 0 Å². The van der Waals surface area contributed by atoms with E-state index in [1.807, 2.05) is 27.7 Å². The molecule has 0 amide bonds. The number of ether oxygens (including phenoxy) is 4. The summed E-state index contributed by atoms with van der Waals surface area (Å²) in [6.45, 7) is 8.24. The molecule has 0 bridgehead atoms. The fraction of sp³-hybridized carbons (Fsp3) is 0.750. The van der Waals surface area contributed by atoms with E-state index in [2.05, 4.69) is 18.9 Å². The van der Waals surface area contributed by atoms with Crippen molar-refractivity contribution in [2.24, 2.45) is 0 Å². The fourth-order valence-electron chi connectivity index (χ4n) is 0.742. The number of hydrogen-bond acceptors (Lipinski definition) is 12. The standard InChI is InChI=1S/4C4H8O3.Sn/c4*1-2-3-7-4(5)6;/h4*2-3H2,1H3,(H,5,6);/q;;;;+4/p-4. The first-order valence-electron chi connectivity index (χ1n) is 8.43. The van der Waals surface area contributed by atoms with Crippen LogP contribution in [0.25, 0.3) is 0 Å². The van der Waals surface area contributed by atoms with Crippen molar-refractivity contribution < 1.29 is 58.6 Å². The summed E-state index contributed by atoms with van der Waals surface area (Å²) in [6, 6.07) is 0. The van der Waals surface area contributed by atoms with Crippen LogP contribution < -0.4 is 20.4 Å². The molecule has 0 unspecified atom stereocenters. The molecule has 0 saturated carbocycles. The number of rotatable bonds is 8. The van der Waals surface area contributed by atoms with Gasteiger partial charge in [0.2, 0.25) is 0 Å². The minimum atomic E-state index is -1.44. The summed E-state index contributed by atoms with van der Waals surface area (Å²) < 4.78 is 16.0. The quantitative estimate of drug-likeness (QED) is 0.203.